The maximum absolute atomic E-state index is 12.7. The number of urea groups is 1. The number of hydrogen-bond donors (Lipinski definition) is 1. The van der Waals surface area contributed by atoms with Gasteiger partial charge in [-0.25, -0.2) is 4.79 Å². The van der Waals surface area contributed by atoms with E-state index in [1.807, 2.05) is 6.07 Å². The van der Waals surface area contributed by atoms with E-state index in [1.54, 1.807) is 36.2 Å². The molecule has 0 unspecified atom stereocenters. The van der Waals surface area contributed by atoms with Crippen molar-refractivity contribution >= 4 is 17.6 Å². The Morgan fingerprint density at radius 2 is 1.78 bits per heavy atom. The molecule has 2 fully saturated rings. The highest BCUT2D eigenvalue weighted by molar-refractivity contribution is 5.96. The van der Waals surface area contributed by atoms with Crippen LogP contribution in [0.15, 0.2) is 18.2 Å². The molecular formula is C20H29N3O4. The molecule has 1 aromatic rings. The van der Waals surface area contributed by atoms with Crippen molar-refractivity contribution in [2.75, 3.05) is 38.8 Å². The smallest absolute Gasteiger partial charge is 0.325 e. The predicted molar refractivity (Wildman–Crippen MR) is 103 cm³/mol. The molecule has 0 spiro atoms. The summed E-state index contributed by atoms with van der Waals surface area (Å²) in [6.07, 6.45) is 6.91. The van der Waals surface area contributed by atoms with Crippen LogP contribution < -0.4 is 19.7 Å². The number of carbonyl (C=O) groups excluding carboxylic acids is 2. The minimum absolute atomic E-state index is 0.0654. The molecule has 2 aliphatic rings. The van der Waals surface area contributed by atoms with Gasteiger partial charge < -0.3 is 19.7 Å². The molecule has 3 rings (SSSR count). The zero-order valence-electron chi connectivity index (χ0n) is 16.2. The van der Waals surface area contributed by atoms with E-state index in [0.29, 0.717) is 24.6 Å². The third-order valence-corrected chi connectivity index (χ3v) is 5.33. The van der Waals surface area contributed by atoms with Gasteiger partial charge in [0.2, 0.25) is 5.91 Å². The van der Waals surface area contributed by atoms with Gasteiger partial charge in [0.1, 0.15) is 6.54 Å². The topological polar surface area (TPSA) is 71.1 Å². The largest absolute Gasteiger partial charge is 0.493 e. The maximum Gasteiger partial charge on any atom is 0.325 e. The molecule has 0 radical (unpaired) electrons. The monoisotopic (exact) mass is 375 g/mol. The Balaban J connectivity index is 1.58. The average Bonchev–Trinajstić information content (AvgIpc) is 2.86. The van der Waals surface area contributed by atoms with Gasteiger partial charge in [0.05, 0.1) is 14.2 Å². The molecule has 0 aromatic heterocycles. The van der Waals surface area contributed by atoms with Gasteiger partial charge in [-0.2, -0.15) is 0 Å². The molecule has 0 bridgehead atoms. The molecule has 1 aromatic carbocycles. The highest BCUT2D eigenvalue weighted by Crippen LogP contribution is 2.32. The Labute approximate surface area is 160 Å². The van der Waals surface area contributed by atoms with E-state index >= 15 is 0 Å². The van der Waals surface area contributed by atoms with Crippen LogP contribution in [0.4, 0.5) is 10.5 Å². The first kappa shape index (κ1) is 19.3. The molecule has 7 nitrogen and oxygen atoms in total. The lowest BCUT2D eigenvalue weighted by atomic mass is 10.1. The second kappa shape index (κ2) is 8.97. The Morgan fingerprint density at radius 3 is 2.44 bits per heavy atom. The van der Waals surface area contributed by atoms with Crippen LogP contribution in [0.2, 0.25) is 0 Å². The first-order valence-corrected chi connectivity index (χ1v) is 9.70. The SMILES string of the molecule is COc1ccc(N2CCN(CC(=O)NC3CCCCCC3)C2=O)cc1OC. The minimum atomic E-state index is -0.154. The number of anilines is 1. The number of hydrogen-bond acceptors (Lipinski definition) is 4. The third kappa shape index (κ3) is 4.64. The van der Waals surface area contributed by atoms with Gasteiger partial charge in [-0.05, 0) is 25.0 Å². The second-order valence-corrected chi connectivity index (χ2v) is 7.15. The summed E-state index contributed by atoms with van der Waals surface area (Å²) in [5.74, 6) is 1.13. The fourth-order valence-corrected chi connectivity index (χ4v) is 3.83. The van der Waals surface area contributed by atoms with Gasteiger partial charge in [-0.3, -0.25) is 9.69 Å². The van der Waals surface area contributed by atoms with Crippen LogP contribution in [0.5, 0.6) is 11.5 Å². The quantitative estimate of drug-likeness (QED) is 0.776. The first-order valence-electron chi connectivity index (χ1n) is 9.70. The fourth-order valence-electron chi connectivity index (χ4n) is 3.83. The number of nitrogens with one attached hydrogen (secondary N) is 1. The van der Waals surface area contributed by atoms with Crippen molar-refractivity contribution in [3.63, 3.8) is 0 Å². The van der Waals surface area contributed by atoms with E-state index in [-0.39, 0.29) is 24.5 Å². The Bertz CT molecular complexity index is 671. The number of rotatable bonds is 6. The summed E-state index contributed by atoms with van der Waals surface area (Å²) in [4.78, 5) is 28.4. The molecule has 0 atom stereocenters. The van der Waals surface area contributed by atoms with Crippen LogP contribution in [-0.4, -0.2) is 56.7 Å². The van der Waals surface area contributed by atoms with Gasteiger partial charge in [0.25, 0.3) is 0 Å². The second-order valence-electron chi connectivity index (χ2n) is 7.15. The van der Waals surface area contributed by atoms with Crippen LogP contribution in [0.1, 0.15) is 38.5 Å². The normalized spacial score (nSPS) is 18.4. The number of ether oxygens (including phenoxy) is 2. The summed E-state index contributed by atoms with van der Waals surface area (Å²) in [5.41, 5.74) is 0.740. The standard InChI is InChI=1S/C20H29N3O4/c1-26-17-10-9-16(13-18(17)27-2)23-12-11-22(20(23)25)14-19(24)21-15-7-5-3-4-6-8-15/h9-10,13,15H,3-8,11-12,14H2,1-2H3,(H,21,24). The summed E-state index contributed by atoms with van der Waals surface area (Å²) < 4.78 is 10.6. The predicted octanol–water partition coefficient (Wildman–Crippen LogP) is 2.78. The number of methoxy groups -OCH3 is 2. The van der Waals surface area contributed by atoms with Gasteiger partial charge in [0, 0.05) is 30.9 Å². The van der Waals surface area contributed by atoms with Crippen LogP contribution in [0.25, 0.3) is 0 Å². The van der Waals surface area contributed by atoms with E-state index in [9.17, 15) is 9.59 Å². The van der Waals surface area contributed by atoms with E-state index < -0.39 is 0 Å². The van der Waals surface area contributed by atoms with Crippen molar-refractivity contribution in [1.82, 2.24) is 10.2 Å². The van der Waals surface area contributed by atoms with Crippen molar-refractivity contribution < 1.29 is 19.1 Å². The maximum atomic E-state index is 12.7. The number of nitrogens with zero attached hydrogens (tertiary/aromatic N) is 2. The molecular weight excluding hydrogens is 346 g/mol. The molecule has 1 N–H and O–H groups in total. The molecule has 1 saturated heterocycles. The lowest BCUT2D eigenvalue weighted by Crippen LogP contribution is -2.43. The Morgan fingerprint density at radius 1 is 1.07 bits per heavy atom. The number of amides is 3. The number of benzene rings is 1. The van der Waals surface area contributed by atoms with Crippen molar-refractivity contribution in [1.29, 1.82) is 0 Å². The molecule has 1 aliphatic heterocycles. The zero-order chi connectivity index (χ0) is 19.2. The average molecular weight is 375 g/mol. The molecule has 1 heterocycles. The number of carbonyl (C=O) groups is 2. The van der Waals surface area contributed by atoms with E-state index in [1.165, 1.54) is 25.7 Å². The van der Waals surface area contributed by atoms with Crippen molar-refractivity contribution in [2.45, 2.75) is 44.6 Å². The Hall–Kier alpha value is -2.44. The molecule has 148 valence electrons. The van der Waals surface area contributed by atoms with Gasteiger partial charge in [0.15, 0.2) is 11.5 Å². The lowest BCUT2D eigenvalue weighted by Gasteiger charge is -2.21. The minimum Gasteiger partial charge on any atom is -0.493 e. The third-order valence-electron chi connectivity index (χ3n) is 5.33. The van der Waals surface area contributed by atoms with E-state index in [0.717, 1.165) is 18.5 Å². The van der Waals surface area contributed by atoms with Gasteiger partial charge in [-0.1, -0.05) is 25.7 Å². The summed E-state index contributed by atoms with van der Waals surface area (Å²) in [6.45, 7) is 1.19. The molecule has 7 heteroatoms. The first-order chi connectivity index (χ1) is 13.1. The van der Waals surface area contributed by atoms with Crippen LogP contribution in [0, 0.1) is 0 Å². The summed E-state index contributed by atoms with van der Waals surface area (Å²) >= 11 is 0. The van der Waals surface area contributed by atoms with Gasteiger partial charge >= 0.3 is 6.03 Å². The van der Waals surface area contributed by atoms with E-state index in [4.69, 9.17) is 9.47 Å². The molecule has 1 aliphatic carbocycles. The lowest BCUT2D eigenvalue weighted by molar-refractivity contribution is -0.122. The van der Waals surface area contributed by atoms with Crippen LogP contribution in [-0.2, 0) is 4.79 Å². The van der Waals surface area contributed by atoms with Gasteiger partial charge in [-0.15, -0.1) is 0 Å². The Kier molecular flexibility index (Phi) is 6.42. The van der Waals surface area contributed by atoms with Crippen molar-refractivity contribution in [3.8, 4) is 11.5 Å². The van der Waals surface area contributed by atoms with Crippen LogP contribution >= 0.6 is 0 Å². The van der Waals surface area contributed by atoms with Crippen LogP contribution in [0.3, 0.4) is 0 Å². The highest BCUT2D eigenvalue weighted by Gasteiger charge is 2.31. The summed E-state index contributed by atoms with van der Waals surface area (Å²) in [6, 6.07) is 5.49. The van der Waals surface area contributed by atoms with Crippen molar-refractivity contribution in [3.05, 3.63) is 18.2 Å². The van der Waals surface area contributed by atoms with Crippen molar-refractivity contribution in [2.24, 2.45) is 0 Å². The fraction of sp³-hybridized carbons (Fsp3) is 0.600. The molecule has 1 saturated carbocycles. The molecule has 3 amide bonds. The molecule has 27 heavy (non-hydrogen) atoms. The zero-order valence-corrected chi connectivity index (χ0v) is 16.2. The summed E-state index contributed by atoms with van der Waals surface area (Å²) in [5, 5.41) is 3.11. The summed E-state index contributed by atoms with van der Waals surface area (Å²) in [7, 11) is 3.14. The van der Waals surface area contributed by atoms with E-state index in [2.05, 4.69) is 5.32 Å². The highest BCUT2D eigenvalue weighted by atomic mass is 16.5.